The Morgan fingerprint density at radius 2 is 1.94 bits per heavy atom. The molecule has 2 heterocycles. The van der Waals surface area contributed by atoms with Crippen LogP contribution in [0.5, 0.6) is 0 Å². The maximum atomic E-state index is 5.99. The van der Waals surface area contributed by atoms with Crippen molar-refractivity contribution in [3.63, 3.8) is 0 Å². The Morgan fingerprint density at radius 1 is 1.29 bits per heavy atom. The van der Waals surface area contributed by atoms with Crippen LogP contribution in [0.1, 0.15) is 13.3 Å². The maximum absolute atomic E-state index is 5.99. The first-order valence-corrected chi connectivity index (χ1v) is 6.87. The van der Waals surface area contributed by atoms with Gasteiger partial charge in [-0.25, -0.2) is 9.97 Å². The molecule has 2 aromatic rings. The number of hydrogen-bond donors (Lipinski definition) is 0. The number of aromatic nitrogens is 4. The van der Waals surface area contributed by atoms with Crippen LogP contribution in [-0.4, -0.2) is 19.7 Å². The molecule has 0 aliphatic rings. The summed E-state index contributed by atoms with van der Waals surface area (Å²) in [5.41, 5.74) is 0.826. The van der Waals surface area contributed by atoms with Gasteiger partial charge in [0.15, 0.2) is 5.82 Å². The second kappa shape index (κ2) is 5.49. The van der Waals surface area contributed by atoms with Crippen LogP contribution in [-0.2, 0) is 6.54 Å². The van der Waals surface area contributed by atoms with Crippen molar-refractivity contribution in [3.05, 3.63) is 26.1 Å². The predicted molar refractivity (Wildman–Crippen MR) is 76.3 cm³/mol. The van der Waals surface area contributed by atoms with Gasteiger partial charge in [-0.3, -0.25) is 4.68 Å². The summed E-state index contributed by atoms with van der Waals surface area (Å²) in [5.74, 6) is 0.506. The molecule has 0 saturated heterocycles. The minimum absolute atomic E-state index is 0.366. The Kier molecular flexibility index (Phi) is 4.22. The van der Waals surface area contributed by atoms with Crippen molar-refractivity contribution >= 4 is 45.8 Å². The summed E-state index contributed by atoms with van der Waals surface area (Å²) in [6.07, 6.45) is 2.70. The molecule has 4 nitrogen and oxygen atoms in total. The topological polar surface area (TPSA) is 43.6 Å². The van der Waals surface area contributed by atoms with E-state index in [0.29, 0.717) is 19.7 Å². The number of aryl methyl sites for hydroxylation is 1. The fourth-order valence-electron chi connectivity index (χ4n) is 1.42. The summed E-state index contributed by atoms with van der Waals surface area (Å²) in [6, 6.07) is 1.85. The Morgan fingerprint density at radius 3 is 2.53 bits per heavy atom. The molecule has 0 unspecified atom stereocenters. The lowest BCUT2D eigenvalue weighted by Crippen LogP contribution is -2.04. The minimum atomic E-state index is 0.366. The van der Waals surface area contributed by atoms with Gasteiger partial charge in [-0.2, -0.15) is 5.10 Å². The van der Waals surface area contributed by atoms with Crippen LogP contribution in [0.15, 0.2) is 12.3 Å². The van der Waals surface area contributed by atoms with E-state index in [4.69, 9.17) is 23.2 Å². The van der Waals surface area contributed by atoms with Crippen molar-refractivity contribution in [2.75, 3.05) is 0 Å². The predicted octanol–water partition coefficient (Wildman–Crippen LogP) is 3.66. The molecule has 2 aromatic heterocycles. The standard InChI is InChI=1S/C10H9Cl2IN4/c1-2-5-17-6(3-4-14-17)10-15-8(11)7(13)9(12)16-10/h3-4H,2,5H2,1H3. The van der Waals surface area contributed by atoms with Crippen molar-refractivity contribution < 1.29 is 0 Å². The van der Waals surface area contributed by atoms with E-state index in [-0.39, 0.29) is 0 Å². The average Bonchev–Trinajstić information content (AvgIpc) is 2.74. The summed E-state index contributed by atoms with van der Waals surface area (Å²) in [4.78, 5) is 8.44. The average molecular weight is 383 g/mol. The van der Waals surface area contributed by atoms with Gasteiger partial charge in [0, 0.05) is 12.7 Å². The first-order valence-electron chi connectivity index (χ1n) is 5.04. The van der Waals surface area contributed by atoms with Gasteiger partial charge in [0.2, 0.25) is 0 Å². The summed E-state index contributed by atoms with van der Waals surface area (Å²) in [7, 11) is 0. The zero-order chi connectivity index (χ0) is 12.4. The molecule has 0 aliphatic carbocycles. The quantitative estimate of drug-likeness (QED) is 0.601. The monoisotopic (exact) mass is 382 g/mol. The van der Waals surface area contributed by atoms with Crippen LogP contribution in [0.25, 0.3) is 11.5 Å². The Labute approximate surface area is 122 Å². The lowest BCUT2D eigenvalue weighted by molar-refractivity contribution is 0.606. The SMILES string of the molecule is CCCn1nccc1-c1nc(Cl)c(I)c(Cl)n1. The molecule has 0 amide bonds. The van der Waals surface area contributed by atoms with Gasteiger partial charge in [0.25, 0.3) is 0 Å². The van der Waals surface area contributed by atoms with Gasteiger partial charge in [0.05, 0.1) is 3.57 Å². The molecule has 0 aromatic carbocycles. The normalized spacial score (nSPS) is 10.8. The van der Waals surface area contributed by atoms with Gasteiger partial charge >= 0.3 is 0 Å². The van der Waals surface area contributed by atoms with Gasteiger partial charge < -0.3 is 0 Å². The van der Waals surface area contributed by atoms with Crippen LogP contribution >= 0.6 is 45.8 Å². The number of hydrogen-bond acceptors (Lipinski definition) is 3. The molecule has 0 radical (unpaired) electrons. The number of halogens is 3. The fraction of sp³-hybridized carbons (Fsp3) is 0.300. The minimum Gasteiger partial charge on any atom is -0.262 e. The summed E-state index contributed by atoms with van der Waals surface area (Å²) in [5, 5.41) is 4.94. The lowest BCUT2D eigenvalue weighted by atomic mass is 10.4. The van der Waals surface area contributed by atoms with Crippen molar-refractivity contribution in [1.82, 2.24) is 19.7 Å². The summed E-state index contributed by atoms with van der Waals surface area (Å²) < 4.78 is 2.51. The van der Waals surface area contributed by atoms with E-state index in [1.54, 1.807) is 6.20 Å². The van der Waals surface area contributed by atoms with Crippen LogP contribution in [0.2, 0.25) is 10.3 Å². The second-order valence-corrected chi connectivity index (χ2v) is 5.18. The number of rotatable bonds is 3. The Hall–Kier alpha value is -0.400. The van der Waals surface area contributed by atoms with Crippen LogP contribution in [0, 0.1) is 3.57 Å². The molecular formula is C10H9Cl2IN4. The maximum Gasteiger partial charge on any atom is 0.180 e. The van der Waals surface area contributed by atoms with E-state index in [2.05, 4.69) is 22.0 Å². The van der Waals surface area contributed by atoms with Gasteiger partial charge in [-0.15, -0.1) is 0 Å². The molecule has 0 bridgehead atoms. The molecule has 0 N–H and O–H groups in total. The van der Waals surface area contributed by atoms with Gasteiger partial charge in [-0.1, -0.05) is 30.1 Å². The van der Waals surface area contributed by atoms with Crippen molar-refractivity contribution in [2.45, 2.75) is 19.9 Å². The van der Waals surface area contributed by atoms with Crippen LogP contribution in [0.4, 0.5) is 0 Å². The zero-order valence-corrected chi connectivity index (χ0v) is 12.7. The highest BCUT2D eigenvalue weighted by Crippen LogP contribution is 2.26. The van der Waals surface area contributed by atoms with Crippen molar-refractivity contribution in [1.29, 1.82) is 0 Å². The molecule has 0 atom stereocenters. The molecule has 17 heavy (non-hydrogen) atoms. The third-order valence-corrected chi connectivity index (χ3v) is 4.36. The van der Waals surface area contributed by atoms with Crippen LogP contribution in [0.3, 0.4) is 0 Å². The lowest BCUT2D eigenvalue weighted by Gasteiger charge is -2.06. The third kappa shape index (κ3) is 2.71. The third-order valence-electron chi connectivity index (χ3n) is 2.15. The van der Waals surface area contributed by atoms with Crippen molar-refractivity contribution in [3.8, 4) is 11.5 Å². The highest BCUT2D eigenvalue weighted by molar-refractivity contribution is 14.1. The van der Waals surface area contributed by atoms with Crippen LogP contribution < -0.4 is 0 Å². The molecule has 0 aliphatic heterocycles. The Bertz CT molecular complexity index is 518. The summed E-state index contributed by atoms with van der Waals surface area (Å²) >= 11 is 14.0. The highest BCUT2D eigenvalue weighted by atomic mass is 127. The van der Waals surface area contributed by atoms with E-state index < -0.39 is 0 Å². The zero-order valence-electron chi connectivity index (χ0n) is 8.99. The molecular weight excluding hydrogens is 374 g/mol. The number of nitrogens with zero attached hydrogens (tertiary/aromatic N) is 4. The fourth-order valence-corrected chi connectivity index (χ4v) is 2.05. The van der Waals surface area contributed by atoms with E-state index >= 15 is 0 Å². The van der Waals surface area contributed by atoms with Gasteiger partial charge in [0.1, 0.15) is 16.0 Å². The molecule has 90 valence electrons. The van der Waals surface area contributed by atoms with Gasteiger partial charge in [-0.05, 0) is 35.1 Å². The van der Waals surface area contributed by atoms with E-state index in [1.807, 2.05) is 33.3 Å². The molecule has 0 saturated carbocycles. The highest BCUT2D eigenvalue weighted by Gasteiger charge is 2.13. The van der Waals surface area contributed by atoms with E-state index in [9.17, 15) is 0 Å². The second-order valence-electron chi connectivity index (χ2n) is 3.38. The largest absolute Gasteiger partial charge is 0.262 e. The first-order chi connectivity index (χ1) is 8.13. The molecule has 2 rings (SSSR count). The molecule has 0 fully saturated rings. The summed E-state index contributed by atoms with van der Waals surface area (Å²) in [6.45, 7) is 2.90. The smallest absolute Gasteiger partial charge is 0.180 e. The molecule has 0 spiro atoms. The van der Waals surface area contributed by atoms with Crippen molar-refractivity contribution in [2.24, 2.45) is 0 Å². The first kappa shape index (κ1) is 13.0. The van der Waals surface area contributed by atoms with E-state index in [0.717, 1.165) is 18.7 Å². The van der Waals surface area contributed by atoms with E-state index in [1.165, 1.54) is 0 Å². The molecule has 7 heteroatoms. The Balaban J connectivity index is 2.49.